The number of carbonyl (C=O) groups is 1. The molecule has 0 aromatic rings. The third-order valence-corrected chi connectivity index (χ3v) is 5.71. The van der Waals surface area contributed by atoms with E-state index >= 15 is 0 Å². The summed E-state index contributed by atoms with van der Waals surface area (Å²) in [5, 5.41) is 9.50. The lowest BCUT2D eigenvalue weighted by atomic mass is 9.45. The number of ether oxygens (including phenoxy) is 1. The maximum atomic E-state index is 11.9. The fourth-order valence-corrected chi connectivity index (χ4v) is 4.78. The van der Waals surface area contributed by atoms with E-state index in [2.05, 4.69) is 19.6 Å². The highest BCUT2D eigenvalue weighted by Gasteiger charge is 2.62. The summed E-state index contributed by atoms with van der Waals surface area (Å²) in [5.74, 6) is 1.08. The average Bonchev–Trinajstić information content (AvgIpc) is 2.35. The largest absolute Gasteiger partial charge is 0.455 e. The summed E-state index contributed by atoms with van der Waals surface area (Å²) in [6, 6.07) is 2.57. The number of hydrogen-bond donors (Lipinski definition) is 0. The Morgan fingerprint density at radius 3 is 2.37 bits per heavy atom. The van der Waals surface area contributed by atoms with Gasteiger partial charge in [0, 0.05) is 17.4 Å². The van der Waals surface area contributed by atoms with Gasteiger partial charge in [-0.1, -0.05) is 6.58 Å². The van der Waals surface area contributed by atoms with E-state index in [1.807, 2.05) is 0 Å². The number of rotatable bonds is 2. The van der Waals surface area contributed by atoms with Gasteiger partial charge in [-0.15, -0.1) is 0 Å². The molecule has 102 valence electrons. The first-order valence-electron chi connectivity index (χ1n) is 7.19. The monoisotopic (exact) mass is 259 g/mol. The second kappa shape index (κ2) is 3.85. The van der Waals surface area contributed by atoms with Crippen LogP contribution in [0.15, 0.2) is 12.2 Å². The van der Waals surface area contributed by atoms with Crippen LogP contribution in [0.2, 0.25) is 0 Å². The van der Waals surface area contributed by atoms with Crippen molar-refractivity contribution in [2.24, 2.45) is 23.2 Å². The first-order valence-corrected chi connectivity index (χ1v) is 7.19. The summed E-state index contributed by atoms with van der Waals surface area (Å²) >= 11 is 0. The fourth-order valence-electron chi connectivity index (χ4n) is 4.78. The molecule has 3 nitrogen and oxygen atoms in total. The molecule has 19 heavy (non-hydrogen) atoms. The number of nitriles is 1. The first-order chi connectivity index (χ1) is 8.88. The van der Waals surface area contributed by atoms with Crippen molar-refractivity contribution in [1.82, 2.24) is 0 Å². The van der Waals surface area contributed by atoms with Crippen molar-refractivity contribution < 1.29 is 9.53 Å². The molecule has 4 aliphatic carbocycles. The third kappa shape index (κ3) is 1.73. The fraction of sp³-hybridized carbons (Fsp3) is 0.750. The minimum absolute atomic E-state index is 0.133. The zero-order valence-corrected chi connectivity index (χ0v) is 11.7. The molecule has 0 aliphatic heterocycles. The SMILES string of the molecule is C=C(C)C(=O)OC1(C)C2CC3CC1CC(C#N)(C3)C2. The van der Waals surface area contributed by atoms with Crippen LogP contribution in [-0.4, -0.2) is 11.6 Å². The summed E-state index contributed by atoms with van der Waals surface area (Å²) in [6.45, 7) is 7.44. The van der Waals surface area contributed by atoms with Gasteiger partial charge in [0.2, 0.25) is 0 Å². The lowest BCUT2D eigenvalue weighted by Crippen LogP contribution is -2.61. The molecule has 4 aliphatic rings. The van der Waals surface area contributed by atoms with Crippen molar-refractivity contribution in [2.75, 3.05) is 0 Å². The van der Waals surface area contributed by atoms with Gasteiger partial charge in [-0.2, -0.15) is 5.26 Å². The molecule has 0 heterocycles. The summed E-state index contributed by atoms with van der Waals surface area (Å²) in [5.41, 5.74) is -0.0519. The molecule has 0 amide bonds. The number of hydrogen-bond acceptors (Lipinski definition) is 3. The van der Waals surface area contributed by atoms with Crippen molar-refractivity contribution in [3.63, 3.8) is 0 Å². The van der Waals surface area contributed by atoms with E-state index in [-0.39, 0.29) is 17.0 Å². The molecule has 2 unspecified atom stereocenters. The van der Waals surface area contributed by atoms with Crippen LogP contribution in [0.3, 0.4) is 0 Å². The van der Waals surface area contributed by atoms with Crippen LogP contribution < -0.4 is 0 Å². The summed E-state index contributed by atoms with van der Waals surface area (Å²) in [4.78, 5) is 11.9. The van der Waals surface area contributed by atoms with Gasteiger partial charge >= 0.3 is 5.97 Å². The van der Waals surface area contributed by atoms with E-state index in [0.717, 1.165) is 32.1 Å². The highest BCUT2D eigenvalue weighted by molar-refractivity contribution is 5.87. The van der Waals surface area contributed by atoms with E-state index in [1.165, 1.54) is 0 Å². The number of carbonyl (C=O) groups excluding carboxylic acids is 1. The van der Waals surface area contributed by atoms with Gasteiger partial charge in [0.1, 0.15) is 5.60 Å². The normalized spacial score (nSPS) is 46.7. The summed E-state index contributed by atoms with van der Waals surface area (Å²) < 4.78 is 5.82. The molecule has 4 fully saturated rings. The lowest BCUT2D eigenvalue weighted by molar-refractivity contribution is -0.207. The van der Waals surface area contributed by atoms with Crippen molar-refractivity contribution in [3.8, 4) is 6.07 Å². The van der Waals surface area contributed by atoms with Crippen LogP contribution >= 0.6 is 0 Å². The Morgan fingerprint density at radius 1 is 1.32 bits per heavy atom. The Morgan fingerprint density at radius 2 is 1.89 bits per heavy atom. The second-order valence-corrected chi connectivity index (χ2v) is 7.09. The van der Waals surface area contributed by atoms with Crippen LogP contribution in [-0.2, 0) is 9.53 Å². The molecule has 0 aromatic heterocycles. The van der Waals surface area contributed by atoms with Gasteiger partial charge in [-0.05, 0) is 51.9 Å². The molecule has 2 atom stereocenters. The molecule has 4 bridgehead atoms. The summed E-state index contributed by atoms with van der Waals surface area (Å²) in [7, 11) is 0. The topological polar surface area (TPSA) is 50.1 Å². The Hall–Kier alpha value is -1.30. The molecule has 0 spiro atoms. The number of nitrogens with zero attached hydrogens (tertiary/aromatic N) is 1. The van der Waals surface area contributed by atoms with Gasteiger partial charge in [0.05, 0.1) is 11.5 Å². The molecule has 0 radical (unpaired) electrons. The first kappa shape index (κ1) is 12.7. The van der Waals surface area contributed by atoms with E-state index in [0.29, 0.717) is 23.3 Å². The maximum Gasteiger partial charge on any atom is 0.333 e. The molecule has 0 saturated heterocycles. The molecular formula is C16H21NO2. The predicted octanol–water partition coefficient (Wildman–Crippen LogP) is 3.21. The quantitative estimate of drug-likeness (QED) is 0.565. The Kier molecular flexibility index (Phi) is 2.58. The second-order valence-electron chi connectivity index (χ2n) is 7.09. The highest BCUT2D eigenvalue weighted by atomic mass is 16.6. The Labute approximate surface area is 114 Å². The smallest absolute Gasteiger partial charge is 0.333 e. The number of esters is 1. The lowest BCUT2D eigenvalue weighted by Gasteiger charge is -2.61. The van der Waals surface area contributed by atoms with Crippen LogP contribution in [0.1, 0.15) is 46.0 Å². The third-order valence-electron chi connectivity index (χ3n) is 5.71. The zero-order valence-electron chi connectivity index (χ0n) is 11.7. The molecule has 4 rings (SSSR count). The summed E-state index contributed by atoms with van der Waals surface area (Å²) in [6.07, 6.45) is 5.08. The highest BCUT2D eigenvalue weighted by Crippen LogP contribution is 2.64. The minimum atomic E-state index is -0.382. The standard InChI is InChI=1S/C16H21NO2/c1-10(2)14(18)19-15(3)12-4-11-5-13(15)8-16(6-11,7-12)9-17/h11-13H,1,4-8H2,2-3H3. The van der Waals surface area contributed by atoms with E-state index in [1.54, 1.807) is 6.92 Å². The molecule has 3 heteroatoms. The molecule has 0 aromatic carbocycles. The Bertz CT molecular complexity index is 471. The van der Waals surface area contributed by atoms with E-state index < -0.39 is 0 Å². The van der Waals surface area contributed by atoms with Crippen LogP contribution in [0.5, 0.6) is 0 Å². The van der Waals surface area contributed by atoms with Crippen molar-refractivity contribution >= 4 is 5.97 Å². The minimum Gasteiger partial charge on any atom is -0.455 e. The molecule has 4 saturated carbocycles. The van der Waals surface area contributed by atoms with Crippen LogP contribution in [0.25, 0.3) is 0 Å². The van der Waals surface area contributed by atoms with Gasteiger partial charge in [0.15, 0.2) is 0 Å². The van der Waals surface area contributed by atoms with Crippen molar-refractivity contribution in [2.45, 2.75) is 51.6 Å². The van der Waals surface area contributed by atoms with E-state index in [9.17, 15) is 10.1 Å². The maximum absolute atomic E-state index is 11.9. The average molecular weight is 259 g/mol. The van der Waals surface area contributed by atoms with Crippen molar-refractivity contribution in [3.05, 3.63) is 12.2 Å². The van der Waals surface area contributed by atoms with Crippen LogP contribution in [0, 0.1) is 34.5 Å². The van der Waals surface area contributed by atoms with Crippen LogP contribution in [0.4, 0.5) is 0 Å². The molecular weight excluding hydrogens is 238 g/mol. The van der Waals surface area contributed by atoms with Gasteiger partial charge < -0.3 is 4.74 Å². The van der Waals surface area contributed by atoms with Crippen molar-refractivity contribution in [1.29, 1.82) is 5.26 Å². The predicted molar refractivity (Wildman–Crippen MR) is 70.9 cm³/mol. The van der Waals surface area contributed by atoms with Gasteiger partial charge in [0.25, 0.3) is 0 Å². The molecule has 0 N–H and O–H groups in total. The van der Waals surface area contributed by atoms with E-state index in [4.69, 9.17) is 4.74 Å². The van der Waals surface area contributed by atoms with Gasteiger partial charge in [-0.3, -0.25) is 0 Å². The Balaban J connectivity index is 1.88. The van der Waals surface area contributed by atoms with Gasteiger partial charge in [-0.25, -0.2) is 4.79 Å². The zero-order chi connectivity index (χ0) is 13.8.